The highest BCUT2D eigenvalue weighted by Crippen LogP contribution is 2.19. The highest BCUT2D eigenvalue weighted by molar-refractivity contribution is 5.83. The number of nitrogens with zero attached hydrogens (tertiary/aromatic N) is 1. The minimum absolute atomic E-state index is 0.517. The Bertz CT molecular complexity index is 650. The lowest BCUT2D eigenvalue weighted by Crippen LogP contribution is -2.02. The van der Waals surface area contributed by atoms with E-state index in [0.717, 1.165) is 24.2 Å². The molecule has 1 aromatic carbocycles. The second-order valence-corrected chi connectivity index (χ2v) is 4.39. The predicted molar refractivity (Wildman–Crippen MR) is 72.2 cm³/mol. The van der Waals surface area contributed by atoms with Crippen LogP contribution in [-0.2, 0) is 19.4 Å². The van der Waals surface area contributed by atoms with E-state index in [-0.39, 0.29) is 0 Å². The van der Waals surface area contributed by atoms with Crippen LogP contribution in [0.1, 0.15) is 17.0 Å². The van der Waals surface area contributed by atoms with Crippen LogP contribution in [0.5, 0.6) is 0 Å². The van der Waals surface area contributed by atoms with Gasteiger partial charge in [0.25, 0.3) is 0 Å². The topological polar surface area (TPSA) is 70.5 Å². The summed E-state index contributed by atoms with van der Waals surface area (Å²) in [6.45, 7) is 0.517. The molecule has 0 bridgehead atoms. The molecule has 4 heteroatoms. The molecule has 4 N–H and O–H groups in total. The maximum Gasteiger partial charge on any atom is 0.0925 e. The summed E-state index contributed by atoms with van der Waals surface area (Å²) in [6.07, 6.45) is 5.69. The second kappa shape index (κ2) is 4.66. The zero-order valence-corrected chi connectivity index (χ0v) is 10.1. The van der Waals surface area contributed by atoms with Gasteiger partial charge in [0.2, 0.25) is 0 Å². The Morgan fingerprint density at radius 2 is 2.00 bits per heavy atom. The molecule has 0 radical (unpaired) electrons. The number of rotatable bonds is 4. The summed E-state index contributed by atoms with van der Waals surface area (Å²) < 4.78 is 0. The third-order valence-electron chi connectivity index (χ3n) is 3.32. The monoisotopic (exact) mass is 240 g/mol. The van der Waals surface area contributed by atoms with Crippen molar-refractivity contribution in [3.05, 3.63) is 53.7 Å². The fourth-order valence-corrected chi connectivity index (χ4v) is 2.33. The van der Waals surface area contributed by atoms with Crippen LogP contribution in [0.15, 0.2) is 36.8 Å². The van der Waals surface area contributed by atoms with Crippen molar-refractivity contribution in [3.8, 4) is 0 Å². The van der Waals surface area contributed by atoms with E-state index in [1.807, 2.05) is 6.07 Å². The standard InChI is InChI=1S/C14H16N4/c15-7-14-13(17-9-18-14)6-5-10-8-16-12-4-2-1-3-11(10)12/h1-4,8-9,16H,5-7,15H2,(H,17,18). The van der Waals surface area contributed by atoms with Gasteiger partial charge >= 0.3 is 0 Å². The van der Waals surface area contributed by atoms with Crippen molar-refractivity contribution < 1.29 is 0 Å². The van der Waals surface area contributed by atoms with Crippen molar-refractivity contribution in [2.75, 3.05) is 0 Å². The largest absolute Gasteiger partial charge is 0.361 e. The quantitative estimate of drug-likeness (QED) is 0.653. The first-order chi connectivity index (χ1) is 8.88. The molecule has 0 fully saturated rings. The molecule has 92 valence electrons. The Morgan fingerprint density at radius 1 is 1.11 bits per heavy atom. The summed E-state index contributed by atoms with van der Waals surface area (Å²) in [5.74, 6) is 0. The van der Waals surface area contributed by atoms with Gasteiger partial charge in [0.05, 0.1) is 17.7 Å². The molecule has 0 unspecified atom stereocenters. The van der Waals surface area contributed by atoms with Crippen LogP contribution >= 0.6 is 0 Å². The average molecular weight is 240 g/mol. The summed E-state index contributed by atoms with van der Waals surface area (Å²) in [5, 5.41) is 1.29. The van der Waals surface area contributed by atoms with Crippen LogP contribution in [-0.4, -0.2) is 15.0 Å². The Hall–Kier alpha value is -2.07. The van der Waals surface area contributed by atoms with Crippen LogP contribution < -0.4 is 5.73 Å². The van der Waals surface area contributed by atoms with Gasteiger partial charge in [0.15, 0.2) is 0 Å². The number of fused-ring (bicyclic) bond motifs is 1. The van der Waals surface area contributed by atoms with Crippen molar-refractivity contribution in [1.29, 1.82) is 0 Å². The van der Waals surface area contributed by atoms with Crippen molar-refractivity contribution in [3.63, 3.8) is 0 Å². The summed E-state index contributed by atoms with van der Waals surface area (Å²) in [7, 11) is 0. The van der Waals surface area contributed by atoms with Crippen molar-refractivity contribution in [2.45, 2.75) is 19.4 Å². The number of aromatic nitrogens is 3. The van der Waals surface area contributed by atoms with E-state index in [1.165, 1.54) is 16.5 Å². The smallest absolute Gasteiger partial charge is 0.0925 e. The normalized spacial score (nSPS) is 11.2. The fraction of sp³-hybridized carbons (Fsp3) is 0.214. The molecule has 0 amide bonds. The minimum atomic E-state index is 0.517. The zero-order chi connectivity index (χ0) is 12.4. The summed E-state index contributed by atoms with van der Waals surface area (Å²) in [4.78, 5) is 10.7. The van der Waals surface area contributed by atoms with E-state index in [1.54, 1.807) is 6.33 Å². The number of aromatic amines is 2. The lowest BCUT2D eigenvalue weighted by Gasteiger charge is -2.00. The molecule has 0 spiro atoms. The lowest BCUT2D eigenvalue weighted by molar-refractivity contribution is 0.889. The lowest BCUT2D eigenvalue weighted by atomic mass is 10.1. The van der Waals surface area contributed by atoms with E-state index < -0.39 is 0 Å². The van der Waals surface area contributed by atoms with Gasteiger partial charge in [-0.05, 0) is 24.5 Å². The van der Waals surface area contributed by atoms with Gasteiger partial charge in [-0.15, -0.1) is 0 Å². The van der Waals surface area contributed by atoms with E-state index in [4.69, 9.17) is 5.73 Å². The third-order valence-corrected chi connectivity index (χ3v) is 3.32. The van der Waals surface area contributed by atoms with E-state index in [2.05, 4.69) is 39.3 Å². The van der Waals surface area contributed by atoms with Gasteiger partial charge in [0, 0.05) is 23.6 Å². The molecular weight excluding hydrogens is 224 g/mol. The summed E-state index contributed by atoms with van der Waals surface area (Å²) in [5.41, 5.74) is 10.3. The first-order valence-corrected chi connectivity index (χ1v) is 6.14. The Morgan fingerprint density at radius 3 is 2.89 bits per heavy atom. The van der Waals surface area contributed by atoms with Gasteiger partial charge in [-0.1, -0.05) is 18.2 Å². The average Bonchev–Trinajstić information content (AvgIpc) is 3.02. The van der Waals surface area contributed by atoms with E-state index >= 15 is 0 Å². The maximum atomic E-state index is 5.66. The van der Waals surface area contributed by atoms with Crippen LogP contribution in [0, 0.1) is 0 Å². The van der Waals surface area contributed by atoms with E-state index in [9.17, 15) is 0 Å². The zero-order valence-electron chi connectivity index (χ0n) is 10.1. The van der Waals surface area contributed by atoms with Gasteiger partial charge in [0.1, 0.15) is 0 Å². The number of nitrogens with two attached hydrogens (primary N) is 1. The van der Waals surface area contributed by atoms with Crippen molar-refractivity contribution >= 4 is 10.9 Å². The Kier molecular flexibility index (Phi) is 2.86. The Balaban J connectivity index is 1.81. The molecule has 2 heterocycles. The van der Waals surface area contributed by atoms with Crippen LogP contribution in [0.4, 0.5) is 0 Å². The molecule has 4 nitrogen and oxygen atoms in total. The molecule has 2 aromatic heterocycles. The number of aryl methyl sites for hydroxylation is 2. The highest BCUT2D eigenvalue weighted by Gasteiger charge is 2.07. The number of hydrogen-bond acceptors (Lipinski definition) is 2. The molecule has 3 aromatic rings. The molecule has 18 heavy (non-hydrogen) atoms. The SMILES string of the molecule is NCc1[nH]cnc1CCc1c[nH]c2ccccc12. The van der Waals surface area contributed by atoms with Gasteiger partial charge in [-0.2, -0.15) is 0 Å². The first-order valence-electron chi connectivity index (χ1n) is 6.14. The van der Waals surface area contributed by atoms with Crippen molar-refractivity contribution in [1.82, 2.24) is 15.0 Å². The second-order valence-electron chi connectivity index (χ2n) is 4.39. The number of nitrogens with one attached hydrogen (secondary N) is 2. The van der Waals surface area contributed by atoms with Gasteiger partial charge in [-0.3, -0.25) is 0 Å². The van der Waals surface area contributed by atoms with Crippen LogP contribution in [0.25, 0.3) is 10.9 Å². The maximum absolute atomic E-state index is 5.66. The molecule has 0 atom stereocenters. The number of hydrogen-bond donors (Lipinski definition) is 3. The van der Waals surface area contributed by atoms with Gasteiger partial charge in [-0.25, -0.2) is 4.98 Å². The first kappa shape index (κ1) is 11.0. The predicted octanol–water partition coefficient (Wildman–Crippen LogP) is 2.13. The Labute approximate surface area is 105 Å². The summed E-state index contributed by atoms with van der Waals surface area (Å²) in [6, 6.07) is 8.36. The highest BCUT2D eigenvalue weighted by atomic mass is 14.9. The number of para-hydroxylation sites is 1. The van der Waals surface area contributed by atoms with Crippen molar-refractivity contribution in [2.24, 2.45) is 5.73 Å². The molecule has 0 aliphatic rings. The fourth-order valence-electron chi connectivity index (χ4n) is 2.33. The van der Waals surface area contributed by atoms with E-state index in [0.29, 0.717) is 6.54 Å². The summed E-state index contributed by atoms with van der Waals surface area (Å²) >= 11 is 0. The molecule has 0 aliphatic heterocycles. The van der Waals surface area contributed by atoms with Crippen LogP contribution in [0.3, 0.4) is 0 Å². The molecule has 0 saturated carbocycles. The minimum Gasteiger partial charge on any atom is -0.361 e. The third kappa shape index (κ3) is 1.91. The van der Waals surface area contributed by atoms with Crippen LogP contribution in [0.2, 0.25) is 0 Å². The number of H-pyrrole nitrogens is 2. The molecular formula is C14H16N4. The molecule has 0 saturated heterocycles. The van der Waals surface area contributed by atoms with Gasteiger partial charge < -0.3 is 15.7 Å². The number of benzene rings is 1. The number of imidazole rings is 1. The molecule has 0 aliphatic carbocycles. The molecule has 3 rings (SSSR count).